The standard InChI is InChI=1S/C31H29F5N4O3S/c1-30(2,33)16-27(29(39)41)40(24(18-38)15-23-5-4-19(17-37)14-26(23)32)28(31(34,35)36)22-8-6-20(7-9-22)21-10-12-25(13-11-21)44(3,42)43/h4-14,24,27-28H,15-16H2,1-3H3,(H2,39,41)/t24-,27+,28+/m1/s1. The van der Waals surface area contributed by atoms with Crippen molar-refractivity contribution in [2.45, 2.75) is 61.6 Å². The van der Waals surface area contributed by atoms with Gasteiger partial charge in [-0.3, -0.25) is 9.69 Å². The molecule has 0 aliphatic heterocycles. The Morgan fingerprint density at radius 2 is 1.50 bits per heavy atom. The average molecular weight is 633 g/mol. The Morgan fingerprint density at radius 1 is 0.955 bits per heavy atom. The maximum absolute atomic E-state index is 14.9. The average Bonchev–Trinajstić information content (AvgIpc) is 2.93. The van der Waals surface area contributed by atoms with E-state index < -0.39 is 69.9 Å². The lowest BCUT2D eigenvalue weighted by atomic mass is 9.91. The van der Waals surface area contributed by atoms with Gasteiger partial charge in [0, 0.05) is 19.1 Å². The zero-order chi connectivity index (χ0) is 33.0. The highest BCUT2D eigenvalue weighted by Gasteiger charge is 2.51. The summed E-state index contributed by atoms with van der Waals surface area (Å²) in [4.78, 5) is 13.2. The molecule has 3 atom stereocenters. The quantitative estimate of drug-likeness (QED) is 0.266. The van der Waals surface area contributed by atoms with E-state index >= 15 is 0 Å². The van der Waals surface area contributed by atoms with Crippen LogP contribution in [0.25, 0.3) is 11.1 Å². The summed E-state index contributed by atoms with van der Waals surface area (Å²) in [6.07, 6.45) is -5.52. The summed E-state index contributed by atoms with van der Waals surface area (Å²) >= 11 is 0. The zero-order valence-electron chi connectivity index (χ0n) is 23.9. The molecule has 0 saturated heterocycles. The minimum Gasteiger partial charge on any atom is -0.368 e. The normalized spacial score (nSPS) is 14.3. The molecule has 0 aliphatic rings. The van der Waals surface area contributed by atoms with Crippen LogP contribution in [-0.2, 0) is 21.1 Å². The lowest BCUT2D eigenvalue weighted by molar-refractivity contribution is -0.198. The molecule has 0 heterocycles. The molecule has 0 radical (unpaired) electrons. The molecule has 0 fully saturated rings. The van der Waals surface area contributed by atoms with Gasteiger partial charge in [0.05, 0.1) is 28.6 Å². The fourth-order valence-electron chi connectivity index (χ4n) is 4.88. The second kappa shape index (κ2) is 13.1. The van der Waals surface area contributed by atoms with Gasteiger partial charge in [-0.2, -0.15) is 23.7 Å². The van der Waals surface area contributed by atoms with E-state index in [1.807, 2.05) is 0 Å². The number of carbonyl (C=O) groups excluding carboxylic acids is 1. The van der Waals surface area contributed by atoms with E-state index in [0.29, 0.717) is 16.0 Å². The molecule has 0 aliphatic carbocycles. The molecule has 0 bridgehead atoms. The number of nitrogens with zero attached hydrogens (tertiary/aromatic N) is 3. The van der Waals surface area contributed by atoms with Crippen molar-refractivity contribution < 1.29 is 35.2 Å². The SMILES string of the molecule is CC(C)(F)C[C@@H](C(N)=O)N([C@@H](c1ccc(-c2ccc(S(C)(=O)=O)cc2)cc1)C(F)(F)F)[C@@H](C#N)Cc1ccc(C#N)cc1F. The molecule has 3 rings (SSSR count). The van der Waals surface area contributed by atoms with E-state index in [4.69, 9.17) is 11.0 Å². The van der Waals surface area contributed by atoms with E-state index in [1.54, 1.807) is 12.1 Å². The predicted molar refractivity (Wildman–Crippen MR) is 153 cm³/mol. The van der Waals surface area contributed by atoms with Gasteiger partial charge >= 0.3 is 6.18 Å². The van der Waals surface area contributed by atoms with Crippen molar-refractivity contribution in [1.82, 2.24) is 4.90 Å². The van der Waals surface area contributed by atoms with Crippen LogP contribution in [0.2, 0.25) is 0 Å². The highest BCUT2D eigenvalue weighted by molar-refractivity contribution is 7.90. The fraction of sp³-hybridized carbons (Fsp3) is 0.323. The predicted octanol–water partition coefficient (Wildman–Crippen LogP) is 5.80. The van der Waals surface area contributed by atoms with Gasteiger partial charge in [-0.1, -0.05) is 42.5 Å². The smallest absolute Gasteiger partial charge is 0.368 e. The molecule has 0 aromatic heterocycles. The Labute approximate surface area is 252 Å². The van der Waals surface area contributed by atoms with E-state index in [-0.39, 0.29) is 16.0 Å². The number of amides is 1. The Morgan fingerprint density at radius 3 is 1.91 bits per heavy atom. The lowest BCUT2D eigenvalue weighted by Gasteiger charge is -2.41. The number of sulfone groups is 1. The number of halogens is 5. The maximum atomic E-state index is 14.9. The Kier molecular flexibility index (Phi) is 10.2. The van der Waals surface area contributed by atoms with E-state index in [0.717, 1.165) is 44.4 Å². The summed E-state index contributed by atoms with van der Waals surface area (Å²) < 4.78 is 98.0. The minimum absolute atomic E-state index is 0.0509. The first-order valence-corrected chi connectivity index (χ1v) is 15.1. The van der Waals surface area contributed by atoms with Crippen molar-refractivity contribution in [3.8, 4) is 23.3 Å². The van der Waals surface area contributed by atoms with Crippen molar-refractivity contribution in [2.75, 3.05) is 6.26 Å². The first kappa shape index (κ1) is 34.2. The number of nitriles is 2. The number of primary amides is 1. The first-order valence-electron chi connectivity index (χ1n) is 13.2. The molecule has 1 amide bonds. The van der Waals surface area contributed by atoms with Crippen molar-refractivity contribution in [2.24, 2.45) is 5.73 Å². The first-order chi connectivity index (χ1) is 20.4. The molecule has 0 saturated carbocycles. The number of hydrogen-bond acceptors (Lipinski definition) is 6. The highest BCUT2D eigenvalue weighted by atomic mass is 32.2. The summed E-state index contributed by atoms with van der Waals surface area (Å²) in [5.41, 5.74) is 3.63. The van der Waals surface area contributed by atoms with Crippen LogP contribution in [0.4, 0.5) is 22.0 Å². The summed E-state index contributed by atoms with van der Waals surface area (Å²) in [6.45, 7) is 2.10. The van der Waals surface area contributed by atoms with Gasteiger partial charge in [0.25, 0.3) is 0 Å². The van der Waals surface area contributed by atoms with Gasteiger partial charge < -0.3 is 5.73 Å². The van der Waals surface area contributed by atoms with Crippen molar-refractivity contribution in [1.29, 1.82) is 10.5 Å². The topological polar surface area (TPSA) is 128 Å². The molecule has 3 aromatic rings. The lowest BCUT2D eigenvalue weighted by Crippen LogP contribution is -2.56. The van der Waals surface area contributed by atoms with Crippen LogP contribution in [0.15, 0.2) is 71.6 Å². The monoisotopic (exact) mass is 632 g/mol. The van der Waals surface area contributed by atoms with Gasteiger partial charge in [-0.25, -0.2) is 17.2 Å². The Bertz CT molecular complexity index is 1690. The van der Waals surface area contributed by atoms with Gasteiger partial charge in [-0.05, 0) is 60.4 Å². The highest BCUT2D eigenvalue weighted by Crippen LogP contribution is 2.42. The van der Waals surface area contributed by atoms with Crippen LogP contribution < -0.4 is 5.73 Å². The van der Waals surface area contributed by atoms with Crippen LogP contribution in [0.1, 0.15) is 43.0 Å². The van der Waals surface area contributed by atoms with Gasteiger partial charge in [0.1, 0.15) is 23.6 Å². The minimum atomic E-state index is -5.12. The van der Waals surface area contributed by atoms with Crippen LogP contribution >= 0.6 is 0 Å². The van der Waals surface area contributed by atoms with Crippen molar-refractivity contribution >= 4 is 15.7 Å². The Balaban J connectivity index is 2.16. The summed E-state index contributed by atoms with van der Waals surface area (Å²) in [6, 6.07) is 11.0. The molecule has 232 valence electrons. The second-order valence-electron chi connectivity index (χ2n) is 10.9. The summed E-state index contributed by atoms with van der Waals surface area (Å²) in [7, 11) is -3.47. The molecule has 13 heteroatoms. The fourth-order valence-corrected chi connectivity index (χ4v) is 5.51. The van der Waals surface area contributed by atoms with Gasteiger partial charge in [0.2, 0.25) is 5.91 Å². The number of nitrogens with two attached hydrogens (primary N) is 1. The van der Waals surface area contributed by atoms with E-state index in [9.17, 15) is 40.4 Å². The number of hydrogen-bond donors (Lipinski definition) is 1. The van der Waals surface area contributed by atoms with Gasteiger partial charge in [-0.15, -0.1) is 0 Å². The number of alkyl halides is 4. The molecule has 7 nitrogen and oxygen atoms in total. The molecule has 44 heavy (non-hydrogen) atoms. The van der Waals surface area contributed by atoms with Crippen LogP contribution in [0, 0.1) is 28.5 Å². The third kappa shape index (κ3) is 8.40. The molecule has 0 unspecified atom stereocenters. The largest absolute Gasteiger partial charge is 0.408 e. The van der Waals surface area contributed by atoms with Crippen molar-refractivity contribution in [3.05, 3.63) is 89.2 Å². The maximum Gasteiger partial charge on any atom is 0.408 e. The number of carbonyl (C=O) groups is 1. The number of rotatable bonds is 11. The third-order valence-electron chi connectivity index (χ3n) is 6.92. The molecule has 0 spiro atoms. The van der Waals surface area contributed by atoms with Crippen LogP contribution in [0.5, 0.6) is 0 Å². The second-order valence-corrected chi connectivity index (χ2v) is 12.9. The number of benzene rings is 3. The van der Waals surface area contributed by atoms with E-state index in [2.05, 4.69) is 0 Å². The van der Waals surface area contributed by atoms with Crippen LogP contribution in [-0.4, -0.2) is 49.4 Å². The third-order valence-corrected chi connectivity index (χ3v) is 8.05. The Hall–Kier alpha value is -4.33. The molecular weight excluding hydrogens is 603 g/mol. The van der Waals surface area contributed by atoms with Crippen molar-refractivity contribution in [3.63, 3.8) is 0 Å². The van der Waals surface area contributed by atoms with E-state index in [1.165, 1.54) is 42.5 Å². The molecule has 3 aromatic carbocycles. The molecule has 2 N–H and O–H groups in total. The summed E-state index contributed by atoms with van der Waals surface area (Å²) in [5.74, 6) is -2.26. The zero-order valence-corrected chi connectivity index (χ0v) is 24.8. The van der Waals surface area contributed by atoms with Crippen LogP contribution in [0.3, 0.4) is 0 Å². The summed E-state index contributed by atoms with van der Waals surface area (Å²) in [5, 5.41) is 19.1. The molecular formula is C31H29F5N4O3S. The van der Waals surface area contributed by atoms with Gasteiger partial charge in [0.15, 0.2) is 9.84 Å².